The maximum absolute atomic E-state index is 9.68. The Morgan fingerprint density at radius 3 is 2.50 bits per heavy atom. The van der Waals surface area contributed by atoms with Gasteiger partial charge in [0.05, 0.1) is 0 Å². The fourth-order valence-electron chi connectivity index (χ4n) is 0.108. The summed E-state index contributed by atoms with van der Waals surface area (Å²) in [5.41, 5.74) is 4.43. The average Bonchev–Trinajstić information content (AvgIpc) is 1.61. The van der Waals surface area contributed by atoms with E-state index in [1.54, 1.807) is 0 Å². The van der Waals surface area contributed by atoms with Crippen LogP contribution in [0.5, 0.6) is 0 Å². The van der Waals surface area contributed by atoms with Crippen LogP contribution in [0.25, 0.3) is 0 Å². The number of ether oxygens (including phenoxy) is 1. The summed E-state index contributed by atoms with van der Waals surface area (Å²) in [5.74, 6) is -0.560. The maximum Gasteiger partial charge on any atom is 0.405 e. The molecule has 1 atom stereocenters. The molecule has 0 aliphatic rings. The van der Waals surface area contributed by atoms with Crippen LogP contribution in [0.2, 0.25) is 0 Å². The number of amides is 1. The molecule has 0 radical (unpaired) electrons. The van der Waals surface area contributed by atoms with E-state index in [2.05, 4.69) is 10.5 Å². The van der Waals surface area contributed by atoms with Gasteiger partial charge in [-0.25, -0.2) is 9.00 Å². The summed E-state index contributed by atoms with van der Waals surface area (Å²) in [6, 6.07) is 0. The van der Waals surface area contributed by atoms with Crippen LogP contribution in [0.4, 0.5) is 4.79 Å². The second-order valence-corrected chi connectivity index (χ2v) is 1.78. The molecule has 0 saturated heterocycles. The topological polar surface area (TPSA) is 89.6 Å². The van der Waals surface area contributed by atoms with E-state index < -0.39 is 23.1 Å². The van der Waals surface area contributed by atoms with E-state index in [0.29, 0.717) is 0 Å². The van der Waals surface area contributed by atoms with E-state index in [1.807, 2.05) is 0 Å². The first-order valence-corrected chi connectivity index (χ1v) is 2.90. The second kappa shape index (κ2) is 3.39. The van der Waals surface area contributed by atoms with Gasteiger partial charge in [0.2, 0.25) is 0 Å². The van der Waals surface area contributed by atoms with Crippen molar-refractivity contribution >= 4 is 17.2 Å². The van der Waals surface area contributed by atoms with Crippen LogP contribution in [0, 0.1) is 0 Å². The minimum Gasteiger partial charge on any atom is -0.433 e. The van der Waals surface area contributed by atoms with Crippen molar-refractivity contribution in [2.45, 2.75) is 0 Å². The molecule has 48 valence electrons. The molecule has 0 saturated carbocycles. The van der Waals surface area contributed by atoms with Gasteiger partial charge in [-0.2, -0.15) is 0 Å². The predicted octanol–water partition coefficient (Wildman–Crippen LogP) is -0.739. The van der Waals surface area contributed by atoms with Gasteiger partial charge in [-0.3, -0.25) is 0 Å². The molecule has 8 heavy (non-hydrogen) atoms. The van der Waals surface area contributed by atoms with Crippen molar-refractivity contribution in [3.8, 4) is 0 Å². The molecule has 0 aromatic rings. The Labute approximate surface area is 48.1 Å². The molecular formula is C2H5NO4S. The number of hydrogen-bond acceptors (Lipinski definition) is 3. The molecule has 0 aliphatic heterocycles. The lowest BCUT2D eigenvalue weighted by Crippen LogP contribution is -2.15. The van der Waals surface area contributed by atoms with E-state index in [0.717, 1.165) is 0 Å². The third-order valence-corrected chi connectivity index (χ3v) is 0.621. The van der Waals surface area contributed by atoms with Crippen LogP contribution in [0.15, 0.2) is 0 Å². The van der Waals surface area contributed by atoms with Crippen LogP contribution >= 0.6 is 0 Å². The zero-order chi connectivity index (χ0) is 6.57. The van der Waals surface area contributed by atoms with E-state index in [4.69, 9.17) is 4.55 Å². The summed E-state index contributed by atoms with van der Waals surface area (Å²) < 4.78 is 21.5. The van der Waals surface area contributed by atoms with Crippen molar-refractivity contribution in [1.29, 1.82) is 0 Å². The highest BCUT2D eigenvalue weighted by atomic mass is 32.2. The largest absolute Gasteiger partial charge is 0.433 e. The second-order valence-electron chi connectivity index (χ2n) is 0.903. The first-order valence-electron chi connectivity index (χ1n) is 1.62. The predicted molar refractivity (Wildman–Crippen MR) is 26.3 cm³/mol. The van der Waals surface area contributed by atoms with Gasteiger partial charge in [0.1, 0.15) is 0 Å². The third kappa shape index (κ3) is 5.38. The summed E-state index contributed by atoms with van der Waals surface area (Å²) in [6.07, 6.45) is -1.05. The molecule has 0 fully saturated rings. The highest BCUT2D eigenvalue weighted by Gasteiger charge is 1.95. The molecule has 6 heteroatoms. The summed E-state index contributed by atoms with van der Waals surface area (Å²) in [5, 5.41) is 0. The van der Waals surface area contributed by atoms with Crippen LogP contribution in [0.3, 0.4) is 0 Å². The molecule has 0 spiro atoms. The van der Waals surface area contributed by atoms with Crippen molar-refractivity contribution < 1.29 is 18.3 Å². The van der Waals surface area contributed by atoms with E-state index in [9.17, 15) is 9.00 Å². The lowest BCUT2D eigenvalue weighted by molar-refractivity contribution is 0.174. The van der Waals surface area contributed by atoms with E-state index in [1.165, 1.54) is 0 Å². The third-order valence-electron chi connectivity index (χ3n) is 0.302. The van der Waals surface area contributed by atoms with Gasteiger partial charge in [-0.15, -0.1) is 0 Å². The first kappa shape index (κ1) is 7.38. The normalized spacial score (nSPS) is 12.6. The summed E-state index contributed by atoms with van der Waals surface area (Å²) in [6.45, 7) is 0. The summed E-state index contributed by atoms with van der Waals surface area (Å²) >= 11 is -2.11. The molecular weight excluding hydrogens is 134 g/mol. The Morgan fingerprint density at radius 1 is 1.88 bits per heavy atom. The zero-order valence-electron chi connectivity index (χ0n) is 3.86. The highest BCUT2D eigenvalue weighted by molar-refractivity contribution is 7.79. The minimum atomic E-state index is -2.11. The SMILES string of the molecule is NC(=O)OCS(=O)O. The van der Waals surface area contributed by atoms with Crippen LogP contribution in [-0.4, -0.2) is 20.8 Å². The molecule has 5 nitrogen and oxygen atoms in total. The summed E-state index contributed by atoms with van der Waals surface area (Å²) in [4.78, 5) is 9.66. The van der Waals surface area contributed by atoms with Crippen LogP contribution in [0.1, 0.15) is 0 Å². The Hall–Kier alpha value is -0.620. The van der Waals surface area contributed by atoms with Gasteiger partial charge < -0.3 is 15.0 Å². The lowest BCUT2D eigenvalue weighted by atomic mass is 11.2. The quantitative estimate of drug-likeness (QED) is 0.493. The number of hydrogen-bond donors (Lipinski definition) is 2. The van der Waals surface area contributed by atoms with Crippen LogP contribution < -0.4 is 5.73 Å². The monoisotopic (exact) mass is 139 g/mol. The van der Waals surface area contributed by atoms with Crippen molar-refractivity contribution in [3.63, 3.8) is 0 Å². The number of rotatable bonds is 2. The Balaban J connectivity index is 3.18. The van der Waals surface area contributed by atoms with Gasteiger partial charge in [0.25, 0.3) is 0 Å². The molecule has 1 unspecified atom stereocenters. The van der Waals surface area contributed by atoms with E-state index in [-0.39, 0.29) is 0 Å². The molecule has 3 N–H and O–H groups in total. The van der Waals surface area contributed by atoms with Gasteiger partial charge in [-0.1, -0.05) is 0 Å². The summed E-state index contributed by atoms with van der Waals surface area (Å²) in [7, 11) is 0. The van der Waals surface area contributed by atoms with Gasteiger partial charge in [-0.05, 0) is 0 Å². The van der Waals surface area contributed by atoms with Crippen molar-refractivity contribution in [1.82, 2.24) is 0 Å². The minimum absolute atomic E-state index is 0.560. The number of nitrogens with two attached hydrogens (primary N) is 1. The molecule has 0 bridgehead atoms. The fourth-order valence-corrected chi connectivity index (χ4v) is 0.325. The maximum atomic E-state index is 9.68. The molecule has 1 amide bonds. The number of carbonyl (C=O) groups is 1. The van der Waals surface area contributed by atoms with Gasteiger partial charge in [0.15, 0.2) is 17.0 Å². The van der Waals surface area contributed by atoms with Crippen molar-refractivity contribution in [3.05, 3.63) is 0 Å². The molecule has 0 heterocycles. The molecule has 0 rings (SSSR count). The first-order chi connectivity index (χ1) is 3.63. The number of carbonyl (C=O) groups excluding carboxylic acids is 1. The zero-order valence-corrected chi connectivity index (χ0v) is 4.68. The number of primary amides is 1. The van der Waals surface area contributed by atoms with E-state index >= 15 is 0 Å². The highest BCUT2D eigenvalue weighted by Crippen LogP contribution is 1.75. The molecule has 0 aromatic carbocycles. The van der Waals surface area contributed by atoms with Gasteiger partial charge >= 0.3 is 6.09 Å². The lowest BCUT2D eigenvalue weighted by Gasteiger charge is -1.92. The average molecular weight is 139 g/mol. The Kier molecular flexibility index (Phi) is 3.13. The van der Waals surface area contributed by atoms with Crippen molar-refractivity contribution in [2.24, 2.45) is 5.73 Å². The van der Waals surface area contributed by atoms with Crippen LogP contribution in [-0.2, 0) is 15.8 Å². The van der Waals surface area contributed by atoms with Gasteiger partial charge in [0, 0.05) is 0 Å². The van der Waals surface area contributed by atoms with Crippen molar-refractivity contribution in [2.75, 3.05) is 5.94 Å². The molecule has 0 aromatic heterocycles. The Morgan fingerprint density at radius 2 is 2.38 bits per heavy atom. The fraction of sp³-hybridized carbons (Fsp3) is 0.500. The smallest absolute Gasteiger partial charge is 0.405 e. The standard InChI is InChI=1S/C2H5NO4S/c3-2(4)7-1-8(5)6/h1H2,(H2,3,4)(H,5,6). The molecule has 0 aliphatic carbocycles. The Bertz CT molecular complexity index is 98.6.